The molecule has 2 saturated heterocycles. The Bertz CT molecular complexity index is 3670. The average Bonchev–Trinajstić information content (AvgIpc) is 0.810. The van der Waals surface area contributed by atoms with Crippen LogP contribution in [-0.4, -0.2) is 195 Å². The van der Waals surface area contributed by atoms with Crippen molar-refractivity contribution in [3.05, 3.63) is 144 Å². The fraction of sp³-hybridized carbons (Fsp3) is 0.758. The van der Waals surface area contributed by atoms with Gasteiger partial charge in [0.15, 0.2) is 12.6 Å². The van der Waals surface area contributed by atoms with E-state index >= 15 is 0 Å². The Labute approximate surface area is 904 Å². The van der Waals surface area contributed by atoms with E-state index < -0.39 is 80.0 Å². The topological polar surface area (TPSA) is 349 Å². The van der Waals surface area contributed by atoms with Crippen molar-refractivity contribution < 1.29 is 100 Å². The van der Waals surface area contributed by atoms with Crippen LogP contribution in [0.2, 0.25) is 0 Å². The van der Waals surface area contributed by atoms with Gasteiger partial charge in [0.1, 0.15) is 48.6 Å². The molecule has 0 aromatic heterocycles. The van der Waals surface area contributed by atoms with Gasteiger partial charge in [0.05, 0.1) is 76.6 Å². The van der Waals surface area contributed by atoms with E-state index in [1.807, 2.05) is 72.8 Å². The molecule has 0 spiro atoms. The van der Waals surface area contributed by atoms with Gasteiger partial charge in [-0.15, -0.1) is 0 Å². The Morgan fingerprint density at radius 1 is 0.418 bits per heavy atom. The highest BCUT2D eigenvalue weighted by Gasteiger charge is 2.46. The van der Waals surface area contributed by atoms with Gasteiger partial charge >= 0.3 is 12.1 Å². The Hall–Kier alpha value is -5.53. The molecule has 4 amide bonds. The number of hydrogen-bond acceptors (Lipinski definition) is 19. The van der Waals surface area contributed by atoms with E-state index in [0.717, 1.165) is 188 Å². The zero-order valence-corrected chi connectivity index (χ0v) is 94.7. The van der Waals surface area contributed by atoms with Crippen molar-refractivity contribution in [2.75, 3.05) is 50.2 Å². The number of alkyl halides is 2. The summed E-state index contributed by atoms with van der Waals surface area (Å²) in [6, 6.07) is 39.2. The van der Waals surface area contributed by atoms with Crippen molar-refractivity contribution >= 4 is 61.6 Å². The van der Waals surface area contributed by atoms with Crippen molar-refractivity contribution in [1.29, 1.82) is 0 Å². The number of aliphatic carboxylic acids is 1. The van der Waals surface area contributed by atoms with E-state index in [1.165, 1.54) is 174 Å². The van der Waals surface area contributed by atoms with Crippen LogP contribution < -0.4 is 21.3 Å². The monoisotopic (exact) mass is 2180 g/mol. The summed E-state index contributed by atoms with van der Waals surface area (Å²) in [6.45, 7) is 16.4. The third kappa shape index (κ3) is 69.2. The van der Waals surface area contributed by atoms with Crippen LogP contribution in [0, 0.1) is 17.8 Å². The Kier molecular flexibility index (Phi) is 85.7. The van der Waals surface area contributed by atoms with Gasteiger partial charge in [0, 0.05) is 46.3 Å². The number of ether oxygens (including phenoxy) is 8. The number of benzene rings is 4. The predicted molar refractivity (Wildman–Crippen MR) is 600 cm³/mol. The van der Waals surface area contributed by atoms with E-state index in [4.69, 9.17) is 45.7 Å². The van der Waals surface area contributed by atoms with Gasteiger partial charge in [-0.3, -0.25) is 19.2 Å². The first kappa shape index (κ1) is 133. The first-order valence-corrected chi connectivity index (χ1v) is 59.3. The minimum atomic E-state index is -1.62. The number of aliphatic hydroxyl groups is 6. The number of halogens is 2. The molecule has 146 heavy (non-hydrogen) atoms. The molecule has 4 aromatic carbocycles. The summed E-state index contributed by atoms with van der Waals surface area (Å²) < 4.78 is 62.5. The van der Waals surface area contributed by atoms with Crippen LogP contribution in [0.5, 0.6) is 0 Å². The quantitative estimate of drug-likeness (QED) is 0.0144. The number of carbonyl (C=O) groups excluding carboxylic acids is 4. The number of hydrogen-bond donors (Lipinski definition) is 11. The lowest BCUT2D eigenvalue weighted by Crippen LogP contribution is -2.60. The van der Waals surface area contributed by atoms with E-state index in [2.05, 4.69) is 136 Å². The van der Waals surface area contributed by atoms with Gasteiger partial charge in [-0.05, 0) is 85.5 Å². The molecule has 0 radical (unpaired) electrons. The van der Waals surface area contributed by atoms with Crippen LogP contribution >= 0.6 is 31.9 Å². The van der Waals surface area contributed by atoms with E-state index in [-0.39, 0.29) is 79.4 Å². The number of amides is 4. The molecule has 4 unspecified atom stereocenters. The molecule has 16 atom stereocenters. The van der Waals surface area contributed by atoms with Crippen molar-refractivity contribution in [3.63, 3.8) is 0 Å². The number of carboxylic acids is 1. The number of carboxylic acid groups (broad SMARTS) is 1. The van der Waals surface area contributed by atoms with Crippen LogP contribution in [0.25, 0.3) is 0 Å². The number of carbonyl (C=O) groups is 5. The van der Waals surface area contributed by atoms with Gasteiger partial charge in [-0.1, -0.05) is 492 Å². The molecule has 6 rings (SSSR count). The van der Waals surface area contributed by atoms with Crippen molar-refractivity contribution in [2.24, 2.45) is 17.8 Å². The molecule has 11 N–H and O–H groups in total. The number of aliphatic hydroxyl groups excluding tert-OH is 6. The van der Waals surface area contributed by atoms with Crippen molar-refractivity contribution in [1.82, 2.24) is 21.3 Å². The molecular weight excluding hydrogens is 1980 g/mol. The molecule has 2 aliphatic rings. The lowest BCUT2D eigenvalue weighted by atomic mass is 9.79. The summed E-state index contributed by atoms with van der Waals surface area (Å²) in [4.78, 5) is 60.8. The highest BCUT2D eigenvalue weighted by atomic mass is 79.9. The smallest absolute Gasteiger partial charge is 0.407 e. The third-order valence-electron chi connectivity index (χ3n) is 28.0. The zero-order valence-electron chi connectivity index (χ0n) is 93.6. The minimum Gasteiger partial charge on any atom is -0.481 e. The summed E-state index contributed by atoms with van der Waals surface area (Å²) in [6.07, 6.45) is 49.1. The van der Waals surface area contributed by atoms with Crippen LogP contribution in [0.1, 0.15) is 434 Å². The van der Waals surface area contributed by atoms with E-state index in [1.54, 1.807) is 6.92 Å². The molecule has 4 aromatic rings. The number of alkyl carbamates (subject to hydrolysis) is 1. The van der Waals surface area contributed by atoms with Gasteiger partial charge in [0.2, 0.25) is 17.7 Å². The van der Waals surface area contributed by atoms with Gasteiger partial charge < -0.3 is 94.9 Å². The third-order valence-corrected chi connectivity index (χ3v) is 29.1. The molecule has 24 nitrogen and oxygen atoms in total. The number of unbranched alkanes of at least 4 members (excludes halogenated alkanes) is 45. The maximum absolute atomic E-state index is 14.3. The predicted octanol–water partition coefficient (Wildman–Crippen LogP) is 26.6. The van der Waals surface area contributed by atoms with Crippen LogP contribution in [0.15, 0.2) is 121 Å². The molecule has 840 valence electrons. The van der Waals surface area contributed by atoms with Crippen LogP contribution in [0.4, 0.5) is 4.79 Å². The normalized spacial score (nSPS) is 18.9. The van der Waals surface area contributed by atoms with Gasteiger partial charge in [-0.25, -0.2) is 4.79 Å². The van der Waals surface area contributed by atoms with Gasteiger partial charge in [-0.2, -0.15) is 0 Å². The van der Waals surface area contributed by atoms with Gasteiger partial charge in [0.25, 0.3) is 0 Å². The molecule has 26 heteroatoms. The summed E-state index contributed by atoms with van der Waals surface area (Å²) in [5, 5.41) is 83.4. The molecule has 2 aliphatic heterocycles. The second kappa shape index (κ2) is 94.2. The second-order valence-corrected chi connectivity index (χ2v) is 41.7. The molecule has 0 bridgehead atoms. The zero-order chi connectivity index (χ0) is 108. The summed E-state index contributed by atoms with van der Waals surface area (Å²) >= 11 is 6.19. The van der Waals surface area contributed by atoms with E-state index in [0.29, 0.717) is 71.5 Å². The Balaban J connectivity index is 0.000000945. The second-order valence-electron chi connectivity index (χ2n) is 40.3. The highest BCUT2D eigenvalue weighted by molar-refractivity contribution is 9.09. The largest absolute Gasteiger partial charge is 0.481 e. The lowest BCUT2D eigenvalue weighted by Gasteiger charge is -2.44. The first-order valence-electron chi connectivity index (χ1n) is 58.8. The molecular formula is C120H206Br2N4O20. The standard InChI is InChI=1S/C68H102N2O8.C47H91BrN2O10.C2H3BrO2.C2H6.CH4/c1-5-6-7-8-9-10-11-12-14-17-20-35-46-63(74-50-59-40-29-24-30-41-59)66(75-51-60-42-31-25-32-43-60)62(53-76-67-57(4)55(2)56(3)64(78-67)54-73-49-58-38-27-23-28-39-58)70-65(71)47-36-21-18-15-13-16-19-22-37-48-69-68(72)77-52-61-44-33-26-34-45-61;1-2-3-4-5-6-7-8-9-11-16-21-26-31-39(52)43(55)38(37-59-47-46(58)45(57)44(56)40(36-51)60-47)50-42(54)33-28-23-18-12-10-15-20-25-30-35-49-41(53)32-27-22-17-13-14-19-24-29-34-48;3-1-2(4)5;1-2;/h23-34,38-45,55-57,62-64,66-67H,5-22,35-37,46-54H2,1-4H3,(H,69,72)(H,70,71);38-40,43-47,51-52,55-58H,2-37H2,1H3,(H,49,53)(H,50,54);1H2,(H,4,5);1-2H3;1H4/t55-,56+,57?,62-,63+,64?,66-,67-;38-,39+,40?,43-,44-,45-,46?,47-;;;/m00.../s1/i;;;1T;1D. The molecule has 2 fully saturated rings. The van der Waals surface area contributed by atoms with Crippen molar-refractivity contribution in [3.8, 4) is 0 Å². The molecule has 0 aliphatic carbocycles. The molecule has 0 saturated carbocycles. The maximum atomic E-state index is 14.3. The first-order chi connectivity index (χ1) is 72.1. The van der Waals surface area contributed by atoms with E-state index in [9.17, 15) is 54.6 Å². The lowest BCUT2D eigenvalue weighted by molar-refractivity contribution is -0.303. The van der Waals surface area contributed by atoms with Crippen LogP contribution in [-0.2, 0) is 83.5 Å². The summed E-state index contributed by atoms with van der Waals surface area (Å²) in [7, 11) is 1.25. The SMILES string of the molecule is CCCCCCCCCCCCCC[C@@H](O)[C@@H](O)[C@H](CO[C@H]1OC(CO)[C@H](O)[C@H](O)C1O)NC(=O)CCCCCCCCCCCNC(=O)CCCCCCCCCCBr.CCCCCCCCCCCCCC[C@@H](OCc1ccccc1)[C@@H](OCc1ccccc1)[C@H](CO[C@H]1OC(COCc2ccccc2)[C@H](C)[C@H](C)C1C)NC(=O)CCCCCCCCCCCNC(=O)OCc1ccccc1.O=C(O)CBr.[2H]C.[3H]CC. The maximum Gasteiger partial charge on any atom is 0.407 e. The minimum absolute atomic E-state index is 0.00781. The Morgan fingerprint density at radius 2 is 0.767 bits per heavy atom. The highest BCUT2D eigenvalue weighted by Crippen LogP contribution is 2.37. The number of rotatable bonds is 86. The molecule has 2 heterocycles. The van der Waals surface area contributed by atoms with Crippen LogP contribution in [0.3, 0.4) is 0 Å². The van der Waals surface area contributed by atoms with Crippen molar-refractivity contribution in [2.45, 2.75) is 515 Å². The fourth-order valence-corrected chi connectivity index (χ4v) is 18.9. The Morgan fingerprint density at radius 3 is 1.19 bits per heavy atom. The number of nitrogens with one attached hydrogen (secondary N) is 4. The summed E-state index contributed by atoms with van der Waals surface area (Å²) in [5.41, 5.74) is 4.29. The summed E-state index contributed by atoms with van der Waals surface area (Å²) in [5.74, 6) is -0.209. The fourth-order valence-electron chi connectivity index (χ4n) is 18.5. The average molecular weight is 2190 g/mol.